The van der Waals surface area contributed by atoms with Gasteiger partial charge in [0.05, 0.1) is 23.6 Å². The monoisotopic (exact) mass is 384 g/mol. The smallest absolute Gasteiger partial charge is 0.119 e. The van der Waals surface area contributed by atoms with Crippen LogP contribution < -0.4 is 10.1 Å². The molecule has 5 nitrogen and oxygen atoms in total. The number of hydrogen-bond acceptors (Lipinski definition) is 5. The fourth-order valence-corrected chi connectivity index (χ4v) is 3.31. The van der Waals surface area contributed by atoms with E-state index < -0.39 is 0 Å². The number of nitrogens with zero attached hydrogens (tertiary/aromatic N) is 3. The average molecular weight is 384 g/mol. The highest BCUT2D eigenvalue weighted by Gasteiger charge is 2.18. The number of allylic oxidation sites excluding steroid dienone is 1. The number of pyridine rings is 2. The summed E-state index contributed by atoms with van der Waals surface area (Å²) in [6.45, 7) is 4.14. The van der Waals surface area contributed by atoms with Crippen molar-refractivity contribution >= 4 is 11.3 Å². The maximum absolute atomic E-state index is 5.70. The first kappa shape index (κ1) is 19.0. The van der Waals surface area contributed by atoms with Gasteiger partial charge >= 0.3 is 0 Å². The van der Waals surface area contributed by atoms with Crippen molar-refractivity contribution in [2.75, 3.05) is 26.7 Å². The van der Waals surface area contributed by atoms with Crippen molar-refractivity contribution in [3.63, 3.8) is 0 Å². The Hall–Kier alpha value is -3.31. The van der Waals surface area contributed by atoms with Crippen LogP contribution in [0.3, 0.4) is 0 Å². The number of hydrogen-bond donors (Lipinski definition) is 1. The van der Waals surface area contributed by atoms with E-state index in [9.17, 15) is 0 Å². The minimum atomic E-state index is 0.646. The topological polar surface area (TPSA) is 59.4 Å². The molecule has 1 aliphatic rings. The molecule has 2 aromatic heterocycles. The van der Waals surface area contributed by atoms with Crippen LogP contribution in [0.5, 0.6) is 5.75 Å². The van der Waals surface area contributed by atoms with Crippen molar-refractivity contribution in [3.8, 4) is 17.0 Å². The number of aromatic nitrogens is 2. The number of benzene rings is 1. The Morgan fingerprint density at radius 2 is 1.86 bits per heavy atom. The number of rotatable bonds is 7. The van der Waals surface area contributed by atoms with Crippen molar-refractivity contribution in [1.82, 2.24) is 15.3 Å². The Kier molecular flexibility index (Phi) is 5.77. The molecule has 0 spiro atoms. The van der Waals surface area contributed by atoms with Crippen LogP contribution in [0.15, 0.2) is 71.9 Å². The third-order valence-corrected chi connectivity index (χ3v) is 4.77. The molecule has 1 aromatic carbocycles. The van der Waals surface area contributed by atoms with Gasteiger partial charge in [-0.3, -0.25) is 15.0 Å². The summed E-state index contributed by atoms with van der Waals surface area (Å²) >= 11 is 0. The van der Waals surface area contributed by atoms with Gasteiger partial charge in [-0.1, -0.05) is 12.1 Å². The summed E-state index contributed by atoms with van der Waals surface area (Å²) in [6.07, 6.45) is 4.00. The molecule has 0 saturated heterocycles. The van der Waals surface area contributed by atoms with E-state index in [1.165, 1.54) is 0 Å². The highest BCUT2D eigenvalue weighted by Crippen LogP contribution is 2.28. The Labute approximate surface area is 171 Å². The lowest BCUT2D eigenvalue weighted by Crippen LogP contribution is -2.15. The van der Waals surface area contributed by atoms with Gasteiger partial charge in [-0.25, -0.2) is 0 Å². The molecule has 3 heterocycles. The van der Waals surface area contributed by atoms with Gasteiger partial charge in [0.15, 0.2) is 0 Å². The molecule has 0 atom stereocenters. The lowest BCUT2D eigenvalue weighted by Gasteiger charge is -2.10. The molecule has 29 heavy (non-hydrogen) atoms. The summed E-state index contributed by atoms with van der Waals surface area (Å²) in [5.74, 6) is 0.860. The van der Waals surface area contributed by atoms with Crippen LogP contribution in [-0.4, -0.2) is 42.4 Å². The van der Waals surface area contributed by atoms with Crippen LogP contribution in [0, 0.1) is 6.92 Å². The molecule has 0 amide bonds. The molecule has 1 N–H and O–H groups in total. The van der Waals surface area contributed by atoms with Gasteiger partial charge in [-0.2, -0.15) is 0 Å². The molecule has 0 unspecified atom stereocenters. The standard InChI is InChI=1S/C24H24N4O/c1-17-4-3-5-22(28-17)24-21(11-13-27-24)19-10-12-26-23(16-19)18-6-8-20(9-7-18)29-15-14-25-2/h3-12,16,25H,13-15H2,1-2H3. The molecule has 0 fully saturated rings. The second-order valence-corrected chi connectivity index (χ2v) is 6.88. The quantitative estimate of drug-likeness (QED) is 0.627. The van der Waals surface area contributed by atoms with E-state index in [1.807, 2.05) is 68.7 Å². The number of likely N-dealkylation sites (N-methyl/N-ethyl adjacent to an activating group) is 1. The third kappa shape index (κ3) is 4.41. The van der Waals surface area contributed by atoms with Gasteiger partial charge < -0.3 is 10.1 Å². The zero-order valence-corrected chi connectivity index (χ0v) is 16.7. The Morgan fingerprint density at radius 1 is 1.00 bits per heavy atom. The Balaban J connectivity index is 1.57. The average Bonchev–Trinajstić information content (AvgIpc) is 3.25. The van der Waals surface area contributed by atoms with Gasteiger partial charge in [0, 0.05) is 29.6 Å². The fraction of sp³-hybridized carbons (Fsp3) is 0.208. The summed E-state index contributed by atoms with van der Waals surface area (Å²) in [4.78, 5) is 13.9. The molecule has 4 rings (SSSR count). The van der Waals surface area contributed by atoms with Gasteiger partial charge in [0.2, 0.25) is 0 Å². The van der Waals surface area contributed by atoms with Crippen molar-refractivity contribution < 1.29 is 4.74 Å². The van der Waals surface area contributed by atoms with Crippen LogP contribution in [0.25, 0.3) is 16.8 Å². The maximum atomic E-state index is 5.70. The summed E-state index contributed by atoms with van der Waals surface area (Å²) < 4.78 is 5.70. The molecule has 5 heteroatoms. The fourth-order valence-electron chi connectivity index (χ4n) is 3.31. The summed E-state index contributed by atoms with van der Waals surface area (Å²) in [7, 11) is 1.91. The van der Waals surface area contributed by atoms with E-state index in [0.29, 0.717) is 13.2 Å². The first-order valence-corrected chi connectivity index (χ1v) is 9.78. The molecule has 0 radical (unpaired) electrons. The van der Waals surface area contributed by atoms with Crippen LogP contribution >= 0.6 is 0 Å². The summed E-state index contributed by atoms with van der Waals surface area (Å²) in [5, 5.41) is 3.07. The van der Waals surface area contributed by atoms with Gasteiger partial charge in [0.1, 0.15) is 12.4 Å². The second kappa shape index (κ2) is 8.80. The second-order valence-electron chi connectivity index (χ2n) is 6.88. The van der Waals surface area contributed by atoms with E-state index in [4.69, 9.17) is 4.74 Å². The zero-order chi connectivity index (χ0) is 20.1. The minimum Gasteiger partial charge on any atom is -0.492 e. The Morgan fingerprint density at radius 3 is 2.66 bits per heavy atom. The van der Waals surface area contributed by atoms with Gasteiger partial charge in [-0.15, -0.1) is 0 Å². The highest BCUT2D eigenvalue weighted by atomic mass is 16.5. The van der Waals surface area contributed by atoms with Gasteiger partial charge in [-0.05, 0) is 68.1 Å². The first-order valence-electron chi connectivity index (χ1n) is 9.78. The molecule has 1 aliphatic heterocycles. The minimum absolute atomic E-state index is 0.646. The van der Waals surface area contributed by atoms with Crippen LogP contribution in [0.4, 0.5) is 0 Å². The lowest BCUT2D eigenvalue weighted by atomic mass is 9.98. The van der Waals surface area contributed by atoms with Crippen molar-refractivity contribution in [1.29, 1.82) is 0 Å². The molecule has 0 bridgehead atoms. The van der Waals surface area contributed by atoms with E-state index in [2.05, 4.69) is 32.4 Å². The number of nitrogens with one attached hydrogen (secondary N) is 1. The van der Waals surface area contributed by atoms with Gasteiger partial charge in [0.25, 0.3) is 0 Å². The summed E-state index contributed by atoms with van der Waals surface area (Å²) in [6, 6.07) is 18.2. The molecular weight excluding hydrogens is 360 g/mol. The van der Waals surface area contributed by atoms with E-state index in [0.717, 1.165) is 51.8 Å². The normalized spacial score (nSPS) is 13.2. The molecular formula is C24H24N4O. The predicted octanol–water partition coefficient (Wildman–Crippen LogP) is 3.94. The van der Waals surface area contributed by atoms with E-state index in [1.54, 1.807) is 0 Å². The molecule has 0 aliphatic carbocycles. The van der Waals surface area contributed by atoms with Crippen LogP contribution in [-0.2, 0) is 0 Å². The SMILES string of the molecule is CNCCOc1ccc(-c2cc(C3=CCN=C3c3cccc(C)n3)ccn2)cc1. The van der Waals surface area contributed by atoms with Crippen LogP contribution in [0.1, 0.15) is 17.0 Å². The first-order chi connectivity index (χ1) is 14.2. The Bertz CT molecular complexity index is 1050. The highest BCUT2D eigenvalue weighted by molar-refractivity contribution is 6.32. The number of aliphatic imine (C=N–C) groups is 1. The van der Waals surface area contributed by atoms with Crippen molar-refractivity contribution in [2.45, 2.75) is 6.92 Å². The van der Waals surface area contributed by atoms with E-state index >= 15 is 0 Å². The molecule has 146 valence electrons. The van der Waals surface area contributed by atoms with Crippen molar-refractivity contribution in [3.05, 3.63) is 83.8 Å². The van der Waals surface area contributed by atoms with Crippen molar-refractivity contribution in [2.24, 2.45) is 4.99 Å². The zero-order valence-electron chi connectivity index (χ0n) is 16.7. The lowest BCUT2D eigenvalue weighted by molar-refractivity contribution is 0.318. The predicted molar refractivity (Wildman–Crippen MR) is 117 cm³/mol. The maximum Gasteiger partial charge on any atom is 0.119 e. The number of aryl methyl sites for hydroxylation is 1. The molecule has 3 aromatic rings. The van der Waals surface area contributed by atoms with E-state index in [-0.39, 0.29) is 0 Å². The summed E-state index contributed by atoms with van der Waals surface area (Å²) in [5.41, 5.74) is 7.04. The third-order valence-electron chi connectivity index (χ3n) is 4.77. The molecule has 0 saturated carbocycles. The van der Waals surface area contributed by atoms with Crippen LogP contribution in [0.2, 0.25) is 0 Å². The number of ether oxygens (including phenoxy) is 1. The largest absolute Gasteiger partial charge is 0.492 e.